The van der Waals surface area contributed by atoms with E-state index in [0.717, 1.165) is 11.1 Å². The molecule has 0 radical (unpaired) electrons. The van der Waals surface area contributed by atoms with Gasteiger partial charge >= 0.3 is 0 Å². The lowest BCUT2D eigenvalue weighted by atomic mass is 10.0. The molecule has 0 fully saturated rings. The maximum atomic E-state index is 13.2. The lowest BCUT2D eigenvalue weighted by molar-refractivity contribution is 0.0956. The van der Waals surface area contributed by atoms with Gasteiger partial charge in [-0.15, -0.1) is 0 Å². The average Bonchev–Trinajstić information content (AvgIpc) is 2.81. The summed E-state index contributed by atoms with van der Waals surface area (Å²) >= 11 is 0. The first-order chi connectivity index (χ1) is 15.8. The summed E-state index contributed by atoms with van der Waals surface area (Å²) in [5.74, 6) is 0.105. The molecule has 0 saturated carbocycles. The van der Waals surface area contributed by atoms with Crippen LogP contribution in [0.3, 0.4) is 0 Å². The Morgan fingerprint density at radius 2 is 1.76 bits per heavy atom. The molecular weight excluding hydrogens is 418 g/mol. The lowest BCUT2D eigenvalue weighted by Gasteiger charge is -2.11. The number of aromatic nitrogens is 1. The predicted molar refractivity (Wildman–Crippen MR) is 128 cm³/mol. The number of fused-ring (bicyclic) bond motifs is 1. The number of aromatic hydroxyl groups is 2. The molecule has 1 amide bonds. The van der Waals surface area contributed by atoms with Gasteiger partial charge in [0, 0.05) is 22.6 Å². The van der Waals surface area contributed by atoms with Crippen LogP contribution in [0.1, 0.15) is 28.4 Å². The number of hydrazone groups is 1. The summed E-state index contributed by atoms with van der Waals surface area (Å²) in [6.45, 7) is 3.62. The molecule has 7 heteroatoms. The van der Waals surface area contributed by atoms with Gasteiger partial charge in [0.2, 0.25) is 0 Å². The lowest BCUT2D eigenvalue weighted by Crippen LogP contribution is -2.20. The monoisotopic (exact) mass is 441 g/mol. The van der Waals surface area contributed by atoms with Crippen LogP contribution >= 0.6 is 0 Å². The number of phenolic OH excluding ortho intramolecular Hbond substituents is 2. The van der Waals surface area contributed by atoms with Crippen LogP contribution in [0.5, 0.6) is 17.2 Å². The zero-order valence-corrected chi connectivity index (χ0v) is 18.5. The number of aryl methyl sites for hydroxylation is 1. The summed E-state index contributed by atoms with van der Waals surface area (Å²) in [6.07, 6.45) is 0. The van der Waals surface area contributed by atoms with Crippen molar-refractivity contribution in [3.05, 3.63) is 83.4 Å². The molecule has 4 rings (SSSR count). The fraction of sp³-hybridized carbons (Fsp3) is 0.115. The quantitative estimate of drug-likeness (QED) is 0.305. The number of ether oxygens (including phenoxy) is 1. The van der Waals surface area contributed by atoms with Gasteiger partial charge in [0.1, 0.15) is 17.2 Å². The molecule has 1 aromatic heterocycles. The molecule has 0 aliphatic rings. The van der Waals surface area contributed by atoms with Gasteiger partial charge in [-0.25, -0.2) is 10.4 Å². The number of phenols is 2. The van der Waals surface area contributed by atoms with Crippen LogP contribution in [-0.4, -0.2) is 33.9 Å². The van der Waals surface area contributed by atoms with E-state index in [9.17, 15) is 15.0 Å². The van der Waals surface area contributed by atoms with Gasteiger partial charge in [-0.2, -0.15) is 5.10 Å². The van der Waals surface area contributed by atoms with Crippen molar-refractivity contribution in [1.29, 1.82) is 0 Å². The van der Waals surface area contributed by atoms with Gasteiger partial charge in [-0.3, -0.25) is 4.79 Å². The second-order valence-corrected chi connectivity index (χ2v) is 7.68. The Morgan fingerprint density at radius 1 is 1.00 bits per heavy atom. The summed E-state index contributed by atoms with van der Waals surface area (Å²) in [5.41, 5.74) is 7.06. The van der Waals surface area contributed by atoms with Crippen molar-refractivity contribution in [3.63, 3.8) is 0 Å². The second kappa shape index (κ2) is 9.00. The van der Waals surface area contributed by atoms with E-state index in [1.165, 1.54) is 18.2 Å². The van der Waals surface area contributed by atoms with E-state index in [-0.39, 0.29) is 11.5 Å². The number of hydrogen-bond acceptors (Lipinski definition) is 6. The third-order valence-corrected chi connectivity index (χ3v) is 5.22. The Morgan fingerprint density at radius 3 is 2.48 bits per heavy atom. The van der Waals surface area contributed by atoms with Crippen molar-refractivity contribution in [2.45, 2.75) is 13.8 Å². The molecule has 166 valence electrons. The first-order valence-electron chi connectivity index (χ1n) is 10.3. The molecule has 3 aromatic carbocycles. The summed E-state index contributed by atoms with van der Waals surface area (Å²) in [4.78, 5) is 17.9. The molecule has 0 aliphatic carbocycles. The van der Waals surface area contributed by atoms with Gasteiger partial charge in [-0.1, -0.05) is 23.8 Å². The highest BCUT2D eigenvalue weighted by atomic mass is 16.5. The first-order valence-corrected chi connectivity index (χ1v) is 10.3. The van der Waals surface area contributed by atoms with Crippen LogP contribution in [0, 0.1) is 6.92 Å². The molecule has 4 aromatic rings. The van der Waals surface area contributed by atoms with Gasteiger partial charge < -0.3 is 14.9 Å². The molecule has 0 aliphatic heterocycles. The van der Waals surface area contributed by atoms with Crippen molar-refractivity contribution in [1.82, 2.24) is 10.4 Å². The highest BCUT2D eigenvalue weighted by Gasteiger charge is 2.15. The number of amides is 1. The van der Waals surface area contributed by atoms with Crippen molar-refractivity contribution >= 4 is 22.5 Å². The Balaban J connectivity index is 1.74. The number of rotatable bonds is 5. The predicted octanol–water partition coefficient (Wildman–Crippen LogP) is 4.78. The standard InChI is InChI=1S/C26H23N3O4/c1-15-7-8-24-22(9-15)23(14-25(27-24)17-5-4-6-21(12-17)33-3)26(32)29-28-16(2)18-10-19(30)13-20(31)11-18/h4-14,30-31H,1-3H3,(H,29,32). The molecule has 0 saturated heterocycles. The van der Waals surface area contributed by atoms with Crippen molar-refractivity contribution < 1.29 is 19.7 Å². The second-order valence-electron chi connectivity index (χ2n) is 7.68. The summed E-state index contributed by atoms with van der Waals surface area (Å²) in [6, 6.07) is 19.1. The Bertz CT molecular complexity index is 1380. The molecule has 0 atom stereocenters. The zero-order chi connectivity index (χ0) is 23.5. The molecule has 3 N–H and O–H groups in total. The van der Waals surface area contributed by atoms with Crippen molar-refractivity contribution in [2.75, 3.05) is 7.11 Å². The molecule has 0 spiro atoms. The number of carbonyl (C=O) groups excluding carboxylic acids is 1. The van der Waals surface area contributed by atoms with E-state index in [0.29, 0.717) is 39.2 Å². The van der Waals surface area contributed by atoms with E-state index in [1.54, 1.807) is 20.1 Å². The van der Waals surface area contributed by atoms with Crippen LogP contribution in [-0.2, 0) is 0 Å². The van der Waals surface area contributed by atoms with Gasteiger partial charge in [0.05, 0.1) is 29.6 Å². The highest BCUT2D eigenvalue weighted by molar-refractivity contribution is 6.08. The van der Waals surface area contributed by atoms with Crippen LogP contribution < -0.4 is 10.2 Å². The summed E-state index contributed by atoms with van der Waals surface area (Å²) < 4.78 is 5.32. The number of hydrogen-bond donors (Lipinski definition) is 3. The normalized spacial score (nSPS) is 11.4. The van der Waals surface area contributed by atoms with E-state index < -0.39 is 5.91 Å². The maximum Gasteiger partial charge on any atom is 0.272 e. The van der Waals surface area contributed by atoms with E-state index in [1.807, 2.05) is 49.4 Å². The van der Waals surface area contributed by atoms with E-state index >= 15 is 0 Å². The van der Waals surface area contributed by atoms with Crippen LogP contribution in [0.4, 0.5) is 0 Å². The topological polar surface area (TPSA) is 104 Å². The van der Waals surface area contributed by atoms with E-state index in [4.69, 9.17) is 9.72 Å². The van der Waals surface area contributed by atoms with Crippen LogP contribution in [0.15, 0.2) is 71.8 Å². The first kappa shape index (κ1) is 21.8. The third kappa shape index (κ3) is 4.77. The number of methoxy groups -OCH3 is 1. The number of nitrogens with one attached hydrogen (secondary N) is 1. The fourth-order valence-electron chi connectivity index (χ4n) is 3.52. The SMILES string of the molecule is COc1cccc(-c2cc(C(=O)NN=C(C)c3cc(O)cc(O)c3)c3cc(C)ccc3n2)c1. The molecule has 7 nitrogen and oxygen atoms in total. The largest absolute Gasteiger partial charge is 0.508 e. The Labute approximate surface area is 191 Å². The number of pyridine rings is 1. The third-order valence-electron chi connectivity index (χ3n) is 5.22. The molecule has 0 bridgehead atoms. The van der Waals surface area contributed by atoms with E-state index in [2.05, 4.69) is 10.5 Å². The summed E-state index contributed by atoms with van der Waals surface area (Å²) in [5, 5.41) is 24.3. The minimum absolute atomic E-state index is 0.0931. The average molecular weight is 441 g/mol. The Hall–Kier alpha value is -4.39. The van der Waals surface area contributed by atoms with Gasteiger partial charge in [0.15, 0.2) is 0 Å². The van der Waals surface area contributed by atoms with Gasteiger partial charge in [-0.05, 0) is 56.3 Å². The number of benzene rings is 3. The summed E-state index contributed by atoms with van der Waals surface area (Å²) in [7, 11) is 1.60. The van der Waals surface area contributed by atoms with Crippen molar-refractivity contribution in [3.8, 4) is 28.5 Å². The Kier molecular flexibility index (Phi) is 5.95. The number of carbonyl (C=O) groups is 1. The highest BCUT2D eigenvalue weighted by Crippen LogP contribution is 2.28. The molecule has 0 unspecified atom stereocenters. The molecule has 33 heavy (non-hydrogen) atoms. The smallest absolute Gasteiger partial charge is 0.272 e. The fourth-order valence-corrected chi connectivity index (χ4v) is 3.52. The van der Waals surface area contributed by atoms with Crippen LogP contribution in [0.2, 0.25) is 0 Å². The minimum Gasteiger partial charge on any atom is -0.508 e. The zero-order valence-electron chi connectivity index (χ0n) is 18.5. The molecular formula is C26H23N3O4. The minimum atomic E-state index is -0.402. The number of nitrogens with zero attached hydrogens (tertiary/aromatic N) is 2. The van der Waals surface area contributed by atoms with Gasteiger partial charge in [0.25, 0.3) is 5.91 Å². The van der Waals surface area contributed by atoms with Crippen LogP contribution in [0.25, 0.3) is 22.2 Å². The molecule has 1 heterocycles. The maximum absolute atomic E-state index is 13.2. The van der Waals surface area contributed by atoms with Crippen molar-refractivity contribution in [2.24, 2.45) is 5.10 Å².